The summed E-state index contributed by atoms with van der Waals surface area (Å²) in [4.78, 5) is 13.2. The van der Waals surface area contributed by atoms with Gasteiger partial charge in [0, 0.05) is 30.2 Å². The lowest BCUT2D eigenvalue weighted by molar-refractivity contribution is -0.142. The van der Waals surface area contributed by atoms with Gasteiger partial charge in [0.2, 0.25) is 0 Å². The monoisotopic (exact) mass is 290 g/mol. The molecule has 0 aromatic carbocycles. The van der Waals surface area contributed by atoms with Crippen molar-refractivity contribution in [2.24, 2.45) is 0 Å². The van der Waals surface area contributed by atoms with E-state index in [1.54, 1.807) is 0 Å². The van der Waals surface area contributed by atoms with Gasteiger partial charge in [-0.1, -0.05) is 22.5 Å². The van der Waals surface area contributed by atoms with Gasteiger partial charge in [0.05, 0.1) is 13.7 Å². The van der Waals surface area contributed by atoms with Gasteiger partial charge in [-0.3, -0.25) is 9.69 Å². The third-order valence-electron chi connectivity index (χ3n) is 2.75. The molecule has 1 heterocycles. The number of halogens is 1. The fourth-order valence-corrected chi connectivity index (χ4v) is 1.96. The van der Waals surface area contributed by atoms with Crippen molar-refractivity contribution in [2.75, 3.05) is 33.3 Å². The number of nitrogens with one attached hydrogen (secondary N) is 1. The molecule has 0 spiro atoms. The molecule has 0 aromatic heterocycles. The highest BCUT2D eigenvalue weighted by Gasteiger charge is 2.20. The van der Waals surface area contributed by atoms with Crippen molar-refractivity contribution in [3.8, 4) is 0 Å². The number of methoxy groups -OCH3 is 1. The number of ether oxygens (including phenoxy) is 1. The van der Waals surface area contributed by atoms with E-state index in [1.807, 2.05) is 0 Å². The molecule has 1 fully saturated rings. The molecule has 92 valence electrons. The molecule has 0 radical (unpaired) electrons. The second kappa shape index (κ2) is 7.04. The van der Waals surface area contributed by atoms with Crippen molar-refractivity contribution in [2.45, 2.75) is 18.9 Å². The van der Waals surface area contributed by atoms with Crippen molar-refractivity contribution in [1.29, 1.82) is 0 Å². The molecule has 0 atom stereocenters. The van der Waals surface area contributed by atoms with E-state index in [-0.39, 0.29) is 5.97 Å². The van der Waals surface area contributed by atoms with Gasteiger partial charge in [0.25, 0.3) is 0 Å². The average Bonchev–Trinajstić information content (AvgIpc) is 2.28. The minimum Gasteiger partial charge on any atom is -0.468 e. The molecule has 0 bridgehead atoms. The quantitative estimate of drug-likeness (QED) is 0.771. The molecule has 1 saturated heterocycles. The second-order valence-electron chi connectivity index (χ2n) is 4.02. The van der Waals surface area contributed by atoms with Gasteiger partial charge in [0.15, 0.2) is 0 Å². The van der Waals surface area contributed by atoms with Crippen molar-refractivity contribution in [1.82, 2.24) is 10.2 Å². The summed E-state index contributed by atoms with van der Waals surface area (Å²) >= 11 is 3.33. The highest BCUT2D eigenvalue weighted by atomic mass is 79.9. The van der Waals surface area contributed by atoms with Crippen LogP contribution in [0.5, 0.6) is 0 Å². The van der Waals surface area contributed by atoms with Crippen LogP contribution >= 0.6 is 15.9 Å². The van der Waals surface area contributed by atoms with Gasteiger partial charge < -0.3 is 10.1 Å². The molecule has 1 N–H and O–H groups in total. The fraction of sp³-hybridized carbons (Fsp3) is 0.727. The number of rotatable bonds is 5. The lowest BCUT2D eigenvalue weighted by Gasteiger charge is -2.31. The Kier molecular flexibility index (Phi) is 6.01. The first-order valence-electron chi connectivity index (χ1n) is 5.47. The minimum atomic E-state index is -0.153. The summed E-state index contributed by atoms with van der Waals surface area (Å²) in [6.45, 7) is 6.90. The third kappa shape index (κ3) is 5.09. The normalized spacial score (nSPS) is 18.4. The largest absolute Gasteiger partial charge is 0.468 e. The van der Waals surface area contributed by atoms with Gasteiger partial charge in [-0.15, -0.1) is 0 Å². The number of piperidine rings is 1. The van der Waals surface area contributed by atoms with E-state index in [1.165, 1.54) is 7.11 Å². The highest BCUT2D eigenvalue weighted by Crippen LogP contribution is 2.11. The standard InChI is InChI=1S/C11H19BrN2O2/c1-9(12)7-13-10-3-5-14(6-4-10)8-11(15)16-2/h10,13H,1,3-8H2,2H3. The van der Waals surface area contributed by atoms with Gasteiger partial charge in [-0.05, 0) is 12.8 Å². The second-order valence-corrected chi connectivity index (χ2v) is 5.15. The molecule has 5 heteroatoms. The third-order valence-corrected chi connectivity index (χ3v) is 3.03. The molecule has 0 amide bonds. The van der Waals surface area contributed by atoms with Crippen LogP contribution in [0.15, 0.2) is 11.1 Å². The Bertz CT molecular complexity index is 250. The Labute approximate surface area is 105 Å². The lowest BCUT2D eigenvalue weighted by Crippen LogP contribution is -2.44. The van der Waals surface area contributed by atoms with Crippen LogP contribution in [-0.4, -0.2) is 50.2 Å². The zero-order valence-electron chi connectivity index (χ0n) is 9.67. The van der Waals surface area contributed by atoms with Crippen LogP contribution in [0.2, 0.25) is 0 Å². The number of hydrogen-bond donors (Lipinski definition) is 1. The highest BCUT2D eigenvalue weighted by molar-refractivity contribution is 9.11. The Hall–Kier alpha value is -0.390. The SMILES string of the molecule is C=C(Br)CNC1CCN(CC(=O)OC)CC1. The zero-order valence-corrected chi connectivity index (χ0v) is 11.3. The Morgan fingerprint density at radius 3 is 2.69 bits per heavy atom. The maximum atomic E-state index is 11.1. The van der Waals surface area contributed by atoms with Gasteiger partial charge in [-0.2, -0.15) is 0 Å². The Morgan fingerprint density at radius 1 is 1.56 bits per heavy atom. The Morgan fingerprint density at radius 2 is 2.19 bits per heavy atom. The van der Waals surface area contributed by atoms with Gasteiger partial charge in [0.1, 0.15) is 0 Å². The number of likely N-dealkylation sites (tertiary alicyclic amines) is 1. The van der Waals surface area contributed by atoms with E-state index in [0.717, 1.165) is 37.0 Å². The fourth-order valence-electron chi connectivity index (χ4n) is 1.80. The maximum absolute atomic E-state index is 11.1. The van der Waals surface area contributed by atoms with E-state index in [2.05, 4.69) is 37.5 Å². The van der Waals surface area contributed by atoms with Crippen molar-refractivity contribution in [3.63, 3.8) is 0 Å². The number of carbonyl (C=O) groups is 1. The summed E-state index contributed by atoms with van der Waals surface area (Å²) in [6.07, 6.45) is 2.13. The van der Waals surface area contributed by atoms with Crippen LogP contribution in [0.3, 0.4) is 0 Å². The number of esters is 1. The van der Waals surface area contributed by atoms with Gasteiger partial charge >= 0.3 is 5.97 Å². The molecule has 1 aliphatic heterocycles. The summed E-state index contributed by atoms with van der Waals surface area (Å²) in [5.74, 6) is -0.153. The zero-order chi connectivity index (χ0) is 12.0. The van der Waals surface area contributed by atoms with Crippen molar-refractivity contribution >= 4 is 21.9 Å². The first kappa shape index (κ1) is 13.7. The molecular weight excluding hydrogens is 272 g/mol. The van der Waals surface area contributed by atoms with Crippen LogP contribution in [-0.2, 0) is 9.53 Å². The smallest absolute Gasteiger partial charge is 0.319 e. The molecule has 0 saturated carbocycles. The summed E-state index contributed by atoms with van der Waals surface area (Å²) in [5, 5.41) is 3.42. The van der Waals surface area contributed by atoms with Crippen LogP contribution in [0.4, 0.5) is 0 Å². The molecule has 16 heavy (non-hydrogen) atoms. The first-order valence-corrected chi connectivity index (χ1v) is 6.27. The summed E-state index contributed by atoms with van der Waals surface area (Å²) < 4.78 is 5.62. The van der Waals surface area contributed by atoms with Crippen LogP contribution in [0.25, 0.3) is 0 Å². The summed E-state index contributed by atoms with van der Waals surface area (Å²) in [7, 11) is 1.43. The number of nitrogens with zero attached hydrogens (tertiary/aromatic N) is 1. The van der Waals surface area contributed by atoms with Crippen LogP contribution < -0.4 is 5.32 Å². The van der Waals surface area contributed by atoms with Crippen molar-refractivity contribution < 1.29 is 9.53 Å². The predicted molar refractivity (Wildman–Crippen MR) is 67.5 cm³/mol. The predicted octanol–water partition coefficient (Wildman–Crippen LogP) is 1.12. The number of carbonyl (C=O) groups excluding carboxylic acids is 1. The Balaban J connectivity index is 2.18. The number of hydrogen-bond acceptors (Lipinski definition) is 4. The van der Waals surface area contributed by atoms with Gasteiger partial charge in [-0.25, -0.2) is 0 Å². The maximum Gasteiger partial charge on any atom is 0.319 e. The minimum absolute atomic E-state index is 0.153. The van der Waals surface area contributed by atoms with E-state index < -0.39 is 0 Å². The van der Waals surface area contributed by atoms with Crippen LogP contribution in [0, 0.1) is 0 Å². The van der Waals surface area contributed by atoms with E-state index in [4.69, 9.17) is 0 Å². The molecular formula is C11H19BrN2O2. The molecule has 4 nitrogen and oxygen atoms in total. The average molecular weight is 291 g/mol. The first-order chi connectivity index (χ1) is 7.61. The molecule has 1 rings (SSSR count). The van der Waals surface area contributed by atoms with E-state index >= 15 is 0 Å². The summed E-state index contributed by atoms with van der Waals surface area (Å²) in [6, 6.07) is 0.531. The topological polar surface area (TPSA) is 41.6 Å². The van der Waals surface area contributed by atoms with E-state index in [9.17, 15) is 4.79 Å². The van der Waals surface area contributed by atoms with E-state index in [0.29, 0.717) is 12.6 Å². The molecule has 0 aliphatic carbocycles. The molecule has 0 aromatic rings. The lowest BCUT2D eigenvalue weighted by atomic mass is 10.1. The van der Waals surface area contributed by atoms with Crippen molar-refractivity contribution in [3.05, 3.63) is 11.1 Å². The summed E-state index contributed by atoms with van der Waals surface area (Å²) in [5.41, 5.74) is 0. The molecule has 0 unspecified atom stereocenters. The van der Waals surface area contributed by atoms with Crippen LogP contribution in [0.1, 0.15) is 12.8 Å². The molecule has 1 aliphatic rings.